The third-order valence-electron chi connectivity index (χ3n) is 4.90. The highest BCUT2D eigenvalue weighted by atomic mass is 16.5. The predicted octanol–water partition coefficient (Wildman–Crippen LogP) is 2.27. The molecule has 0 atom stereocenters. The number of carbonyl (C=O) groups is 1. The number of hydrogen-bond acceptors (Lipinski definition) is 6. The Hall–Kier alpha value is -3.72. The average molecular weight is 419 g/mol. The van der Waals surface area contributed by atoms with E-state index in [4.69, 9.17) is 4.74 Å². The van der Waals surface area contributed by atoms with Crippen molar-refractivity contribution in [2.45, 2.75) is 6.42 Å². The molecule has 1 amide bonds. The van der Waals surface area contributed by atoms with Crippen molar-refractivity contribution in [3.05, 3.63) is 60.8 Å². The van der Waals surface area contributed by atoms with Crippen LogP contribution < -0.4 is 10.1 Å². The number of carbonyl (C=O) groups excluding carboxylic acids is 1. The highest BCUT2D eigenvalue weighted by molar-refractivity contribution is 5.99. The third-order valence-corrected chi connectivity index (χ3v) is 4.90. The van der Waals surface area contributed by atoms with Crippen molar-refractivity contribution < 1.29 is 9.53 Å². The summed E-state index contributed by atoms with van der Waals surface area (Å²) in [5.74, 6) is 1.12. The molecule has 0 saturated carbocycles. The summed E-state index contributed by atoms with van der Waals surface area (Å²) in [5, 5.41) is 7.42. The fourth-order valence-corrected chi connectivity index (χ4v) is 3.39. The van der Waals surface area contributed by atoms with Crippen LogP contribution in [-0.2, 0) is 0 Å². The zero-order valence-electron chi connectivity index (χ0n) is 17.8. The summed E-state index contributed by atoms with van der Waals surface area (Å²) in [6.45, 7) is 1.48. The minimum Gasteiger partial charge on any atom is -0.497 e. The van der Waals surface area contributed by atoms with Gasteiger partial charge < -0.3 is 15.0 Å². The highest BCUT2D eigenvalue weighted by Crippen LogP contribution is 2.26. The summed E-state index contributed by atoms with van der Waals surface area (Å²) >= 11 is 0. The van der Waals surface area contributed by atoms with E-state index < -0.39 is 0 Å². The second kappa shape index (κ2) is 8.97. The minimum absolute atomic E-state index is 0.219. The van der Waals surface area contributed by atoms with Gasteiger partial charge in [0, 0.05) is 25.0 Å². The number of benzene rings is 1. The first kappa shape index (κ1) is 20.5. The molecule has 0 saturated heterocycles. The molecule has 3 heterocycles. The largest absolute Gasteiger partial charge is 0.497 e. The lowest BCUT2D eigenvalue weighted by Gasteiger charge is -2.09. The molecule has 3 aromatic heterocycles. The van der Waals surface area contributed by atoms with E-state index in [0.717, 1.165) is 30.1 Å². The predicted molar refractivity (Wildman–Crippen MR) is 118 cm³/mol. The molecule has 0 fully saturated rings. The Balaban J connectivity index is 1.70. The molecule has 0 spiro atoms. The van der Waals surface area contributed by atoms with E-state index >= 15 is 0 Å². The summed E-state index contributed by atoms with van der Waals surface area (Å²) < 4.78 is 8.97. The number of aromatic nitrogens is 5. The molecule has 0 aliphatic carbocycles. The van der Waals surface area contributed by atoms with Gasteiger partial charge in [0.2, 0.25) is 0 Å². The summed E-state index contributed by atoms with van der Waals surface area (Å²) in [7, 11) is 5.64. The highest BCUT2D eigenvalue weighted by Gasteiger charge is 2.21. The number of hydrogen-bond donors (Lipinski definition) is 1. The van der Waals surface area contributed by atoms with Crippen molar-refractivity contribution in [2.24, 2.45) is 0 Å². The quantitative estimate of drug-likeness (QED) is 0.441. The van der Waals surface area contributed by atoms with Crippen LogP contribution in [0.2, 0.25) is 0 Å². The van der Waals surface area contributed by atoms with Crippen molar-refractivity contribution >= 4 is 11.4 Å². The molecule has 9 heteroatoms. The Kier molecular flexibility index (Phi) is 5.94. The zero-order valence-corrected chi connectivity index (χ0v) is 17.8. The Morgan fingerprint density at radius 3 is 2.90 bits per heavy atom. The van der Waals surface area contributed by atoms with Gasteiger partial charge in [-0.3, -0.25) is 14.2 Å². The maximum absolute atomic E-state index is 12.9. The number of nitrogens with zero attached hydrogens (tertiary/aromatic N) is 6. The summed E-state index contributed by atoms with van der Waals surface area (Å²) in [6, 6.07) is 9.48. The van der Waals surface area contributed by atoms with E-state index in [1.54, 1.807) is 36.6 Å². The molecule has 0 aliphatic rings. The molecular formula is C22H25N7O2. The molecule has 0 radical (unpaired) electrons. The first-order valence-electron chi connectivity index (χ1n) is 10.0. The minimum atomic E-state index is -0.219. The van der Waals surface area contributed by atoms with Gasteiger partial charge in [-0.25, -0.2) is 9.67 Å². The molecule has 4 aromatic rings. The smallest absolute Gasteiger partial charge is 0.272 e. The molecule has 4 rings (SSSR count). The summed E-state index contributed by atoms with van der Waals surface area (Å²) in [4.78, 5) is 23.8. The second-order valence-electron chi connectivity index (χ2n) is 7.36. The van der Waals surface area contributed by atoms with Gasteiger partial charge in [0.1, 0.15) is 11.4 Å². The van der Waals surface area contributed by atoms with Crippen LogP contribution in [0.25, 0.3) is 22.7 Å². The van der Waals surface area contributed by atoms with Gasteiger partial charge in [-0.05, 0) is 45.3 Å². The van der Waals surface area contributed by atoms with Gasteiger partial charge in [0.25, 0.3) is 5.91 Å². The molecule has 1 N–H and O–H groups in total. The number of amides is 1. The van der Waals surface area contributed by atoms with E-state index in [2.05, 4.69) is 25.3 Å². The third kappa shape index (κ3) is 4.26. The average Bonchev–Trinajstić information content (AvgIpc) is 3.41. The molecule has 0 unspecified atom stereocenters. The van der Waals surface area contributed by atoms with Gasteiger partial charge in [-0.2, -0.15) is 5.10 Å². The van der Waals surface area contributed by atoms with E-state index in [-0.39, 0.29) is 5.91 Å². The van der Waals surface area contributed by atoms with Crippen molar-refractivity contribution in [3.8, 4) is 23.0 Å². The standard InChI is InChI=1S/C22H25N7O2/c1-27(2)12-5-9-24-22(30)20-19-15-23-11-13-28(19)21(26-20)18-8-10-25-29(18)16-6-4-7-17(14-16)31-3/h4,6-8,10-11,13-15H,5,9,12H2,1-3H3,(H,24,30). The zero-order chi connectivity index (χ0) is 21.8. The fraction of sp³-hybridized carbons (Fsp3) is 0.273. The fourth-order valence-electron chi connectivity index (χ4n) is 3.39. The van der Waals surface area contributed by atoms with Crippen molar-refractivity contribution in [1.82, 2.24) is 34.4 Å². The van der Waals surface area contributed by atoms with Crippen LogP contribution in [0, 0.1) is 0 Å². The van der Waals surface area contributed by atoms with Crippen LogP contribution in [0.3, 0.4) is 0 Å². The first-order chi connectivity index (χ1) is 15.1. The van der Waals surface area contributed by atoms with Crippen LogP contribution in [0.1, 0.15) is 16.9 Å². The van der Waals surface area contributed by atoms with Crippen molar-refractivity contribution in [2.75, 3.05) is 34.3 Å². The monoisotopic (exact) mass is 419 g/mol. The molecule has 160 valence electrons. The van der Waals surface area contributed by atoms with Crippen LogP contribution in [0.4, 0.5) is 0 Å². The molecule has 1 aromatic carbocycles. The van der Waals surface area contributed by atoms with Crippen molar-refractivity contribution in [1.29, 1.82) is 0 Å². The van der Waals surface area contributed by atoms with Gasteiger partial charge in [0.15, 0.2) is 11.5 Å². The summed E-state index contributed by atoms with van der Waals surface area (Å²) in [5.41, 5.74) is 2.56. The van der Waals surface area contributed by atoms with Gasteiger partial charge in [-0.1, -0.05) is 6.07 Å². The van der Waals surface area contributed by atoms with E-state index in [1.165, 1.54) is 0 Å². The maximum atomic E-state index is 12.9. The number of imidazole rings is 1. The Bertz CT molecular complexity index is 1200. The summed E-state index contributed by atoms with van der Waals surface area (Å²) in [6.07, 6.45) is 7.68. The van der Waals surface area contributed by atoms with E-state index in [1.807, 2.05) is 48.8 Å². The number of fused-ring (bicyclic) bond motifs is 1. The topological polar surface area (TPSA) is 89.6 Å². The maximum Gasteiger partial charge on any atom is 0.272 e. The van der Waals surface area contributed by atoms with E-state index in [0.29, 0.717) is 23.6 Å². The van der Waals surface area contributed by atoms with Crippen LogP contribution in [-0.4, -0.2) is 69.3 Å². The van der Waals surface area contributed by atoms with Crippen molar-refractivity contribution in [3.63, 3.8) is 0 Å². The molecular weight excluding hydrogens is 394 g/mol. The lowest BCUT2D eigenvalue weighted by Crippen LogP contribution is -2.27. The number of methoxy groups -OCH3 is 1. The van der Waals surface area contributed by atoms with Gasteiger partial charge in [0.05, 0.1) is 30.7 Å². The molecule has 9 nitrogen and oxygen atoms in total. The molecule has 31 heavy (non-hydrogen) atoms. The lowest BCUT2D eigenvalue weighted by atomic mass is 10.3. The molecule has 0 bridgehead atoms. The number of nitrogens with one attached hydrogen (secondary N) is 1. The Morgan fingerprint density at radius 2 is 2.10 bits per heavy atom. The van der Waals surface area contributed by atoms with Crippen LogP contribution >= 0.6 is 0 Å². The second-order valence-corrected chi connectivity index (χ2v) is 7.36. The molecule has 0 aliphatic heterocycles. The van der Waals surface area contributed by atoms with E-state index in [9.17, 15) is 4.79 Å². The van der Waals surface area contributed by atoms with Crippen LogP contribution in [0.15, 0.2) is 55.1 Å². The lowest BCUT2D eigenvalue weighted by molar-refractivity contribution is 0.0949. The first-order valence-corrected chi connectivity index (χ1v) is 10.0. The Morgan fingerprint density at radius 1 is 1.23 bits per heavy atom. The van der Waals surface area contributed by atoms with Crippen LogP contribution in [0.5, 0.6) is 5.75 Å². The number of rotatable bonds is 8. The SMILES string of the molecule is COc1cccc(-n2nccc2-c2nc(C(=O)NCCCN(C)C)c3cnccn23)c1. The normalized spacial score (nSPS) is 11.2. The number of ether oxygens (including phenoxy) is 1. The Labute approximate surface area is 180 Å². The van der Waals surface area contributed by atoms with Gasteiger partial charge in [-0.15, -0.1) is 0 Å². The van der Waals surface area contributed by atoms with Gasteiger partial charge >= 0.3 is 0 Å².